The fourth-order valence-corrected chi connectivity index (χ4v) is 1.12. The fraction of sp³-hybridized carbons (Fsp3) is 0.636. The van der Waals surface area contributed by atoms with Gasteiger partial charge in [0.05, 0.1) is 6.61 Å². The largest absolute Gasteiger partial charge is 0.478 e. The minimum Gasteiger partial charge on any atom is -0.478 e. The number of halogens is 3. The van der Waals surface area contributed by atoms with Gasteiger partial charge in [0.15, 0.2) is 5.69 Å². The molecule has 0 fully saturated rings. The van der Waals surface area contributed by atoms with Crippen LogP contribution in [-0.2, 0) is 6.18 Å². The third kappa shape index (κ3) is 4.77. The number of alkyl halides is 3. The van der Waals surface area contributed by atoms with Crippen LogP contribution in [-0.4, -0.2) is 16.6 Å². The SMILES string of the molecule is CC(C)(C)CCOc1cc(C(F)(F)F)nc(N)n1. The van der Waals surface area contributed by atoms with Crippen LogP contribution in [0.25, 0.3) is 0 Å². The zero-order valence-electron chi connectivity index (χ0n) is 10.5. The number of hydrogen-bond acceptors (Lipinski definition) is 4. The number of nitrogens with zero attached hydrogens (tertiary/aromatic N) is 2. The zero-order chi connectivity index (χ0) is 14.0. The summed E-state index contributed by atoms with van der Waals surface area (Å²) < 4.78 is 42.5. The predicted octanol–water partition coefficient (Wildman–Crippen LogP) is 2.89. The average Bonchev–Trinajstić information content (AvgIpc) is 2.13. The van der Waals surface area contributed by atoms with Crippen molar-refractivity contribution in [1.29, 1.82) is 0 Å². The van der Waals surface area contributed by atoms with Crippen LogP contribution in [0.15, 0.2) is 6.07 Å². The summed E-state index contributed by atoms with van der Waals surface area (Å²) in [4.78, 5) is 6.73. The summed E-state index contributed by atoms with van der Waals surface area (Å²) in [7, 11) is 0. The van der Waals surface area contributed by atoms with E-state index in [1.165, 1.54) is 0 Å². The summed E-state index contributed by atoms with van der Waals surface area (Å²) in [5, 5.41) is 0. The molecule has 0 atom stereocenters. The van der Waals surface area contributed by atoms with Gasteiger partial charge in [-0.05, 0) is 11.8 Å². The van der Waals surface area contributed by atoms with E-state index in [0.29, 0.717) is 6.42 Å². The summed E-state index contributed by atoms with van der Waals surface area (Å²) >= 11 is 0. The van der Waals surface area contributed by atoms with Gasteiger partial charge in [-0.3, -0.25) is 0 Å². The monoisotopic (exact) mass is 263 g/mol. The second kappa shape index (κ2) is 4.99. The molecule has 0 saturated carbocycles. The molecule has 1 rings (SSSR count). The highest BCUT2D eigenvalue weighted by molar-refractivity contribution is 5.27. The van der Waals surface area contributed by atoms with Crippen molar-refractivity contribution in [1.82, 2.24) is 9.97 Å². The van der Waals surface area contributed by atoms with Crippen molar-refractivity contribution in [2.75, 3.05) is 12.3 Å². The van der Waals surface area contributed by atoms with E-state index in [9.17, 15) is 13.2 Å². The summed E-state index contributed by atoms with van der Waals surface area (Å²) in [6.07, 6.45) is -3.86. The zero-order valence-corrected chi connectivity index (χ0v) is 10.5. The normalized spacial score (nSPS) is 12.6. The smallest absolute Gasteiger partial charge is 0.433 e. The Kier molecular flexibility index (Phi) is 4.03. The number of nitrogens with two attached hydrogens (primary N) is 1. The van der Waals surface area contributed by atoms with Crippen molar-refractivity contribution in [3.8, 4) is 5.88 Å². The summed E-state index contributed by atoms with van der Waals surface area (Å²) in [5.41, 5.74) is 4.15. The first-order chi connectivity index (χ1) is 8.08. The summed E-state index contributed by atoms with van der Waals surface area (Å²) in [5.74, 6) is -0.602. The Hall–Kier alpha value is -1.53. The second-order valence-corrected chi connectivity index (χ2v) is 5.11. The van der Waals surface area contributed by atoms with Crippen LogP contribution in [0.1, 0.15) is 32.9 Å². The maximum absolute atomic E-state index is 12.5. The number of hydrogen-bond donors (Lipinski definition) is 1. The summed E-state index contributed by atoms with van der Waals surface area (Å²) in [6.45, 7) is 6.29. The molecule has 0 bridgehead atoms. The van der Waals surface area contributed by atoms with Crippen LogP contribution in [0.5, 0.6) is 5.88 Å². The van der Waals surface area contributed by atoms with Gasteiger partial charge in [-0.1, -0.05) is 20.8 Å². The van der Waals surface area contributed by atoms with Crippen LogP contribution in [0.3, 0.4) is 0 Å². The van der Waals surface area contributed by atoms with E-state index in [-0.39, 0.29) is 17.9 Å². The molecule has 0 unspecified atom stereocenters. The number of nitrogen functional groups attached to an aromatic ring is 1. The lowest BCUT2D eigenvalue weighted by molar-refractivity contribution is -0.141. The molecule has 102 valence electrons. The van der Waals surface area contributed by atoms with Crippen molar-refractivity contribution in [3.05, 3.63) is 11.8 Å². The molecule has 0 aromatic carbocycles. The molecule has 0 saturated heterocycles. The van der Waals surface area contributed by atoms with Crippen LogP contribution >= 0.6 is 0 Å². The first-order valence-electron chi connectivity index (χ1n) is 5.42. The predicted molar refractivity (Wildman–Crippen MR) is 61.0 cm³/mol. The van der Waals surface area contributed by atoms with Gasteiger partial charge >= 0.3 is 6.18 Å². The van der Waals surface area contributed by atoms with Crippen molar-refractivity contribution < 1.29 is 17.9 Å². The molecule has 2 N–H and O–H groups in total. The minimum atomic E-state index is -4.56. The lowest BCUT2D eigenvalue weighted by Crippen LogP contribution is -2.14. The van der Waals surface area contributed by atoms with Crippen molar-refractivity contribution in [2.45, 2.75) is 33.4 Å². The van der Waals surface area contributed by atoms with E-state index < -0.39 is 17.8 Å². The van der Waals surface area contributed by atoms with E-state index in [0.717, 1.165) is 6.07 Å². The Labute approximate surface area is 103 Å². The van der Waals surface area contributed by atoms with Gasteiger partial charge in [-0.25, -0.2) is 4.98 Å². The Bertz CT molecular complexity index is 413. The highest BCUT2D eigenvalue weighted by Crippen LogP contribution is 2.30. The molecule has 7 heteroatoms. The molecule has 0 amide bonds. The van der Waals surface area contributed by atoms with Crippen LogP contribution in [0.4, 0.5) is 19.1 Å². The quantitative estimate of drug-likeness (QED) is 0.910. The number of rotatable bonds is 3. The molecule has 1 aromatic heterocycles. The Balaban J connectivity index is 2.75. The molecule has 1 heterocycles. The Morgan fingerprint density at radius 1 is 1.22 bits per heavy atom. The standard InChI is InChI=1S/C11H16F3N3O/c1-10(2,3)4-5-18-8-6-7(11(12,13)14)16-9(15)17-8/h6H,4-5H2,1-3H3,(H2,15,16,17). The molecule has 0 aliphatic carbocycles. The second-order valence-electron chi connectivity index (χ2n) is 5.11. The van der Waals surface area contributed by atoms with Crippen LogP contribution < -0.4 is 10.5 Å². The number of ether oxygens (including phenoxy) is 1. The number of anilines is 1. The van der Waals surface area contributed by atoms with E-state index in [1.54, 1.807) is 0 Å². The van der Waals surface area contributed by atoms with Crippen molar-refractivity contribution >= 4 is 5.95 Å². The molecular weight excluding hydrogens is 247 g/mol. The third-order valence-corrected chi connectivity index (χ3v) is 2.11. The lowest BCUT2D eigenvalue weighted by Gasteiger charge is -2.18. The molecule has 18 heavy (non-hydrogen) atoms. The fourth-order valence-electron chi connectivity index (χ4n) is 1.12. The van der Waals surface area contributed by atoms with Crippen LogP contribution in [0, 0.1) is 5.41 Å². The molecule has 0 aliphatic heterocycles. The van der Waals surface area contributed by atoms with E-state index in [2.05, 4.69) is 9.97 Å². The first-order valence-corrected chi connectivity index (χ1v) is 5.42. The van der Waals surface area contributed by atoms with Gasteiger partial charge in [-0.15, -0.1) is 0 Å². The van der Waals surface area contributed by atoms with E-state index in [1.807, 2.05) is 20.8 Å². The van der Waals surface area contributed by atoms with Crippen LogP contribution in [0.2, 0.25) is 0 Å². The number of aromatic nitrogens is 2. The van der Waals surface area contributed by atoms with Gasteiger partial charge in [0.1, 0.15) is 0 Å². The lowest BCUT2D eigenvalue weighted by atomic mass is 9.93. The van der Waals surface area contributed by atoms with Crippen molar-refractivity contribution in [2.24, 2.45) is 5.41 Å². The van der Waals surface area contributed by atoms with E-state index >= 15 is 0 Å². The molecule has 4 nitrogen and oxygen atoms in total. The van der Waals surface area contributed by atoms with Gasteiger partial charge < -0.3 is 10.5 Å². The Morgan fingerprint density at radius 2 is 1.83 bits per heavy atom. The summed E-state index contributed by atoms with van der Waals surface area (Å²) in [6, 6.07) is 0.749. The first kappa shape index (κ1) is 14.5. The van der Waals surface area contributed by atoms with Gasteiger partial charge in [0.25, 0.3) is 0 Å². The maximum Gasteiger partial charge on any atom is 0.433 e. The Morgan fingerprint density at radius 3 is 2.33 bits per heavy atom. The molecular formula is C11H16F3N3O. The van der Waals surface area contributed by atoms with Gasteiger partial charge in [-0.2, -0.15) is 18.2 Å². The highest BCUT2D eigenvalue weighted by atomic mass is 19.4. The average molecular weight is 263 g/mol. The maximum atomic E-state index is 12.5. The molecule has 1 aromatic rings. The molecule has 0 aliphatic rings. The van der Waals surface area contributed by atoms with Gasteiger partial charge in [0, 0.05) is 6.07 Å². The molecule has 0 spiro atoms. The minimum absolute atomic E-state index is 0.0332. The van der Waals surface area contributed by atoms with Gasteiger partial charge in [0.2, 0.25) is 11.8 Å². The van der Waals surface area contributed by atoms with E-state index in [4.69, 9.17) is 10.5 Å². The van der Waals surface area contributed by atoms with Crippen molar-refractivity contribution in [3.63, 3.8) is 0 Å². The highest BCUT2D eigenvalue weighted by Gasteiger charge is 2.33. The molecule has 0 radical (unpaired) electrons. The topological polar surface area (TPSA) is 61.0 Å². The third-order valence-electron chi connectivity index (χ3n) is 2.11.